The molecule has 0 aromatic heterocycles. The molecule has 0 unspecified atom stereocenters. The topological polar surface area (TPSA) is 65.4 Å². The van der Waals surface area contributed by atoms with Crippen LogP contribution in [-0.2, 0) is 17.9 Å². The average molecular weight is 323 g/mol. The van der Waals surface area contributed by atoms with E-state index in [0.717, 1.165) is 16.9 Å². The van der Waals surface area contributed by atoms with Crippen LogP contribution in [0.5, 0.6) is 5.75 Å². The van der Waals surface area contributed by atoms with Gasteiger partial charge in [0, 0.05) is 13.1 Å². The molecule has 0 aliphatic rings. The highest BCUT2D eigenvalue weighted by Gasteiger charge is 2.07. The van der Waals surface area contributed by atoms with Crippen LogP contribution in [0.3, 0.4) is 0 Å². The third-order valence-electron chi connectivity index (χ3n) is 3.57. The first-order valence-corrected chi connectivity index (χ1v) is 7.68. The number of ether oxygens (including phenoxy) is 1. The highest BCUT2D eigenvalue weighted by Crippen LogP contribution is 2.11. The highest BCUT2D eigenvalue weighted by atomic mass is 16.5. The van der Waals surface area contributed by atoms with Gasteiger partial charge in [-0.25, -0.2) is 0 Å². The fourth-order valence-corrected chi connectivity index (χ4v) is 2.35. The van der Waals surface area contributed by atoms with Gasteiger partial charge >= 0.3 is 0 Å². The van der Waals surface area contributed by atoms with E-state index in [2.05, 4.69) is 11.4 Å². The molecule has 1 amide bonds. The van der Waals surface area contributed by atoms with E-state index < -0.39 is 0 Å². The number of nitrogens with one attached hydrogen (secondary N) is 1. The maximum Gasteiger partial charge on any atom is 0.234 e. The van der Waals surface area contributed by atoms with Crippen molar-refractivity contribution in [2.24, 2.45) is 0 Å². The number of rotatable bonds is 7. The number of methoxy groups -OCH3 is 1. The normalized spacial score (nSPS) is 10.2. The molecular weight excluding hydrogens is 302 g/mol. The largest absolute Gasteiger partial charge is 0.497 e. The van der Waals surface area contributed by atoms with Crippen molar-refractivity contribution < 1.29 is 9.53 Å². The molecule has 0 saturated carbocycles. The molecule has 124 valence electrons. The summed E-state index contributed by atoms with van der Waals surface area (Å²) in [5.74, 6) is 0.758. The maximum atomic E-state index is 12.0. The van der Waals surface area contributed by atoms with Crippen molar-refractivity contribution in [2.75, 3.05) is 20.7 Å². The van der Waals surface area contributed by atoms with E-state index in [1.165, 1.54) is 0 Å². The van der Waals surface area contributed by atoms with Crippen LogP contribution >= 0.6 is 0 Å². The van der Waals surface area contributed by atoms with Crippen LogP contribution < -0.4 is 10.1 Å². The SMILES string of the molecule is COc1ccc(CNC(=O)CN(C)Cc2cccc(C#N)c2)cc1. The van der Waals surface area contributed by atoms with Crippen molar-refractivity contribution in [3.63, 3.8) is 0 Å². The Bertz CT molecular complexity index is 720. The first-order chi connectivity index (χ1) is 11.6. The molecule has 0 saturated heterocycles. The number of nitrogens with zero attached hydrogens (tertiary/aromatic N) is 2. The lowest BCUT2D eigenvalue weighted by Gasteiger charge is -2.16. The van der Waals surface area contributed by atoms with Gasteiger partial charge in [-0.15, -0.1) is 0 Å². The summed E-state index contributed by atoms with van der Waals surface area (Å²) in [5.41, 5.74) is 2.66. The first-order valence-electron chi connectivity index (χ1n) is 7.68. The highest BCUT2D eigenvalue weighted by molar-refractivity contribution is 5.77. The Balaban J connectivity index is 1.79. The molecule has 5 nitrogen and oxygen atoms in total. The zero-order valence-electron chi connectivity index (χ0n) is 14.0. The predicted molar refractivity (Wildman–Crippen MR) is 92.3 cm³/mol. The quantitative estimate of drug-likeness (QED) is 0.849. The van der Waals surface area contributed by atoms with Crippen molar-refractivity contribution in [3.05, 3.63) is 65.2 Å². The minimum absolute atomic E-state index is 0.0373. The van der Waals surface area contributed by atoms with Gasteiger partial charge in [-0.1, -0.05) is 24.3 Å². The van der Waals surface area contributed by atoms with Gasteiger partial charge in [-0.05, 0) is 42.4 Å². The predicted octanol–water partition coefficient (Wildman–Crippen LogP) is 2.32. The summed E-state index contributed by atoms with van der Waals surface area (Å²) < 4.78 is 5.11. The minimum atomic E-state index is -0.0373. The van der Waals surface area contributed by atoms with E-state index in [-0.39, 0.29) is 5.91 Å². The summed E-state index contributed by atoms with van der Waals surface area (Å²) in [6.45, 7) is 1.40. The molecule has 0 radical (unpaired) electrons. The summed E-state index contributed by atoms with van der Waals surface area (Å²) in [6.07, 6.45) is 0. The lowest BCUT2D eigenvalue weighted by molar-refractivity contribution is -0.122. The van der Waals surface area contributed by atoms with E-state index in [1.807, 2.05) is 54.4 Å². The average Bonchev–Trinajstić information content (AvgIpc) is 2.60. The number of carbonyl (C=O) groups excluding carboxylic acids is 1. The molecule has 2 aromatic carbocycles. The Morgan fingerprint density at radius 2 is 1.96 bits per heavy atom. The van der Waals surface area contributed by atoms with Crippen molar-refractivity contribution >= 4 is 5.91 Å². The molecule has 1 N–H and O–H groups in total. The van der Waals surface area contributed by atoms with Gasteiger partial charge in [-0.2, -0.15) is 5.26 Å². The number of benzene rings is 2. The Kier molecular flexibility index (Phi) is 6.35. The van der Waals surface area contributed by atoms with Gasteiger partial charge in [0.15, 0.2) is 0 Å². The van der Waals surface area contributed by atoms with Crippen LogP contribution in [0.15, 0.2) is 48.5 Å². The number of hydrogen-bond acceptors (Lipinski definition) is 4. The summed E-state index contributed by atoms with van der Waals surface area (Å²) in [5, 5.41) is 11.8. The molecule has 0 aliphatic carbocycles. The van der Waals surface area contributed by atoms with E-state index in [1.54, 1.807) is 13.2 Å². The van der Waals surface area contributed by atoms with Crippen LogP contribution in [0.2, 0.25) is 0 Å². The van der Waals surface area contributed by atoms with Gasteiger partial charge in [0.1, 0.15) is 5.75 Å². The smallest absolute Gasteiger partial charge is 0.234 e. The lowest BCUT2D eigenvalue weighted by atomic mass is 10.1. The van der Waals surface area contributed by atoms with Crippen LogP contribution in [-0.4, -0.2) is 31.5 Å². The molecule has 2 aromatic rings. The van der Waals surface area contributed by atoms with Crippen LogP contribution in [0.1, 0.15) is 16.7 Å². The monoisotopic (exact) mass is 323 g/mol. The molecule has 0 spiro atoms. The Morgan fingerprint density at radius 1 is 1.21 bits per heavy atom. The Hall–Kier alpha value is -2.84. The second-order valence-corrected chi connectivity index (χ2v) is 5.61. The molecule has 5 heteroatoms. The molecule has 0 fully saturated rings. The number of carbonyl (C=O) groups is 1. The van der Waals surface area contributed by atoms with Crippen molar-refractivity contribution in [3.8, 4) is 11.8 Å². The van der Waals surface area contributed by atoms with Gasteiger partial charge < -0.3 is 10.1 Å². The number of likely N-dealkylation sites (N-methyl/N-ethyl adjacent to an activating group) is 1. The van der Waals surface area contributed by atoms with Gasteiger partial charge in [0.05, 0.1) is 25.3 Å². The van der Waals surface area contributed by atoms with Gasteiger partial charge in [0.25, 0.3) is 0 Å². The van der Waals surface area contributed by atoms with E-state index >= 15 is 0 Å². The Labute approximate surface area is 142 Å². The summed E-state index contributed by atoms with van der Waals surface area (Å²) in [7, 11) is 3.50. The zero-order chi connectivity index (χ0) is 17.4. The van der Waals surface area contributed by atoms with Gasteiger partial charge in [0.2, 0.25) is 5.91 Å². The summed E-state index contributed by atoms with van der Waals surface area (Å²) in [6, 6.07) is 17.1. The molecule has 0 heterocycles. The van der Waals surface area contributed by atoms with Gasteiger partial charge in [-0.3, -0.25) is 9.69 Å². The Morgan fingerprint density at radius 3 is 2.62 bits per heavy atom. The van der Waals surface area contributed by atoms with Crippen molar-refractivity contribution in [2.45, 2.75) is 13.1 Å². The summed E-state index contributed by atoms with van der Waals surface area (Å²) in [4.78, 5) is 13.9. The second kappa shape index (κ2) is 8.70. The van der Waals surface area contributed by atoms with E-state index in [9.17, 15) is 4.79 Å². The molecule has 24 heavy (non-hydrogen) atoms. The molecule has 0 aliphatic heterocycles. The standard InChI is InChI=1S/C19H21N3O2/c1-22(13-17-5-3-4-16(10-17)11-20)14-19(23)21-12-15-6-8-18(24-2)9-7-15/h3-10H,12-14H2,1-2H3,(H,21,23). The van der Waals surface area contributed by atoms with Crippen LogP contribution in [0.25, 0.3) is 0 Å². The van der Waals surface area contributed by atoms with Crippen LogP contribution in [0.4, 0.5) is 0 Å². The maximum absolute atomic E-state index is 12.0. The number of nitriles is 1. The molecule has 2 rings (SSSR count). The number of hydrogen-bond donors (Lipinski definition) is 1. The fourth-order valence-electron chi connectivity index (χ4n) is 2.35. The van der Waals surface area contributed by atoms with Crippen LogP contribution in [0, 0.1) is 11.3 Å². The third-order valence-corrected chi connectivity index (χ3v) is 3.57. The third kappa shape index (κ3) is 5.41. The zero-order valence-corrected chi connectivity index (χ0v) is 14.0. The molecule has 0 bridgehead atoms. The fraction of sp³-hybridized carbons (Fsp3) is 0.263. The lowest BCUT2D eigenvalue weighted by Crippen LogP contribution is -2.34. The minimum Gasteiger partial charge on any atom is -0.497 e. The number of amides is 1. The molecular formula is C19H21N3O2. The molecule has 0 atom stereocenters. The second-order valence-electron chi connectivity index (χ2n) is 5.61. The van der Waals surface area contributed by atoms with Crippen molar-refractivity contribution in [1.82, 2.24) is 10.2 Å². The van der Waals surface area contributed by atoms with E-state index in [4.69, 9.17) is 10.00 Å². The first kappa shape index (κ1) is 17.5. The van der Waals surface area contributed by atoms with E-state index in [0.29, 0.717) is 25.2 Å². The van der Waals surface area contributed by atoms with Crippen molar-refractivity contribution in [1.29, 1.82) is 5.26 Å². The summed E-state index contributed by atoms with van der Waals surface area (Å²) >= 11 is 0.